The first-order valence-corrected chi connectivity index (χ1v) is 30.6. The van der Waals surface area contributed by atoms with Crippen molar-refractivity contribution in [2.45, 2.75) is 138 Å². The van der Waals surface area contributed by atoms with Crippen LogP contribution in [0.3, 0.4) is 0 Å². The van der Waals surface area contributed by atoms with Gasteiger partial charge in [-0.15, -0.1) is 0 Å². The van der Waals surface area contributed by atoms with Crippen LogP contribution < -0.4 is 10.4 Å². The third-order valence-electron chi connectivity index (χ3n) is 20.7. The van der Waals surface area contributed by atoms with Crippen molar-refractivity contribution in [3.63, 3.8) is 0 Å². The number of aryl methyl sites for hydroxylation is 1. The zero-order chi connectivity index (χ0) is 57.9. The summed E-state index contributed by atoms with van der Waals surface area (Å²) in [6, 6.07) is 38.5. The van der Waals surface area contributed by atoms with Crippen LogP contribution in [0.15, 0.2) is 154 Å². The van der Waals surface area contributed by atoms with Crippen molar-refractivity contribution in [2.75, 3.05) is 26.9 Å². The monoisotopic (exact) mass is 1130 g/mol. The van der Waals surface area contributed by atoms with E-state index < -0.39 is 47.9 Å². The number of rotatable bonds is 10. The summed E-state index contributed by atoms with van der Waals surface area (Å²) in [5.74, 6) is -1.46. The van der Waals surface area contributed by atoms with E-state index >= 15 is 9.59 Å². The van der Waals surface area contributed by atoms with E-state index in [-0.39, 0.29) is 102 Å². The van der Waals surface area contributed by atoms with Gasteiger partial charge in [0.05, 0.1) is 25.4 Å². The number of aliphatic hydroxyl groups excluding tert-OH is 3. The Morgan fingerprint density at radius 2 is 1.61 bits per heavy atom. The predicted molar refractivity (Wildman–Crippen MR) is 323 cm³/mol. The number of aliphatic hydroxyl groups is 3. The van der Waals surface area contributed by atoms with Crippen molar-refractivity contribution < 1.29 is 48.3 Å². The summed E-state index contributed by atoms with van der Waals surface area (Å²) in [6.45, 7) is 2.61. The molecule has 3 aliphatic heterocycles. The second kappa shape index (κ2) is 23.0. The van der Waals surface area contributed by atoms with Crippen molar-refractivity contribution in [1.82, 2.24) is 0 Å². The standard InChI is InChI=1S/C73H76O11/c1-43(40-75)56-28-20-44-18-21-46(22-19-44)57-29-26-49(48-13-10-15-54(36-48)73-33-9-8-14-53(73)27-25-47-12-5-7-17-62(47)73)35-52(57)38-64(77)81-68-66-63(31-30-59-61(41-76)65(71(79)82-67(59)66)51(32-34-74)42-80-3)84-72(2,69(68)83-70(56)78)55-37-50-24-23-45-11-4-6-16-58(45)60(50)39-55/h4-7,10-13,15-19,21-27,29-31,36,49-53,55,57,60,68-69,74-76H,8-9,14,20,28,32-35,37-42H2,1-3H3. The number of allylic oxidation sites excluding steroid dienone is 4. The molecule has 2 saturated carbocycles. The fraction of sp³-hybridized carbons (Fsp3) is 0.411. The fourth-order valence-corrected chi connectivity index (χ4v) is 16.4. The maximum Gasteiger partial charge on any atom is 0.340 e. The van der Waals surface area contributed by atoms with Crippen LogP contribution in [0.1, 0.15) is 169 Å². The molecule has 5 aliphatic carbocycles. The molecule has 0 amide bonds. The van der Waals surface area contributed by atoms with Crippen LogP contribution in [-0.4, -0.2) is 65.9 Å². The van der Waals surface area contributed by atoms with Crippen LogP contribution in [0.25, 0.3) is 23.1 Å². The number of fused-ring (bicyclic) bond motifs is 17. The number of hydrogen-bond acceptors (Lipinski definition) is 11. The molecule has 2 fully saturated rings. The molecule has 12 atom stereocenters. The summed E-state index contributed by atoms with van der Waals surface area (Å²) in [6.07, 6.45) is 18.7. The zero-order valence-electron chi connectivity index (χ0n) is 48.3. The van der Waals surface area contributed by atoms with Crippen LogP contribution in [0, 0.1) is 23.7 Å². The Morgan fingerprint density at radius 3 is 2.42 bits per heavy atom. The van der Waals surface area contributed by atoms with Crippen molar-refractivity contribution >= 4 is 35.1 Å². The number of hydrogen-bond donors (Lipinski definition) is 3. The van der Waals surface area contributed by atoms with Gasteiger partial charge in [-0.3, -0.25) is 4.79 Å². The van der Waals surface area contributed by atoms with E-state index in [1.807, 2.05) is 13.0 Å². The Hall–Kier alpha value is -7.15. The van der Waals surface area contributed by atoms with Gasteiger partial charge in [0.15, 0.2) is 12.2 Å². The lowest BCUT2D eigenvalue weighted by atomic mass is 9.56. The second-order valence-electron chi connectivity index (χ2n) is 25.2. The van der Waals surface area contributed by atoms with Gasteiger partial charge >= 0.3 is 17.6 Å². The molecule has 2 bridgehead atoms. The summed E-state index contributed by atoms with van der Waals surface area (Å²) >= 11 is 0. The van der Waals surface area contributed by atoms with Gasteiger partial charge in [0.2, 0.25) is 0 Å². The summed E-state index contributed by atoms with van der Waals surface area (Å²) < 4.78 is 33.4. The molecule has 0 radical (unpaired) electrons. The van der Waals surface area contributed by atoms with Crippen LogP contribution in [0.5, 0.6) is 5.75 Å². The molecule has 84 heavy (non-hydrogen) atoms. The molecule has 11 heteroatoms. The summed E-state index contributed by atoms with van der Waals surface area (Å²) in [5.41, 5.74) is 8.97. The smallest absolute Gasteiger partial charge is 0.340 e. The second-order valence-corrected chi connectivity index (χ2v) is 25.2. The molecule has 14 rings (SSSR count). The minimum atomic E-state index is -1.38. The molecule has 1 aromatic heterocycles. The molecular formula is C73H76O11. The fourth-order valence-electron chi connectivity index (χ4n) is 16.4. The van der Waals surface area contributed by atoms with E-state index in [1.54, 1.807) is 19.1 Å². The highest BCUT2D eigenvalue weighted by molar-refractivity contribution is 5.90. The van der Waals surface area contributed by atoms with Gasteiger partial charge in [-0.05, 0) is 157 Å². The highest BCUT2D eigenvalue weighted by atomic mass is 16.6. The Bertz CT molecular complexity index is 3690. The van der Waals surface area contributed by atoms with Crippen LogP contribution in [0.4, 0.5) is 0 Å². The number of benzene rings is 5. The Balaban J connectivity index is 0.944. The maximum absolute atomic E-state index is 15.8. The Labute approximate surface area is 491 Å². The van der Waals surface area contributed by atoms with Gasteiger partial charge in [0.1, 0.15) is 16.9 Å². The molecule has 5 aromatic carbocycles. The molecule has 0 spiro atoms. The number of carbonyl (C=O) groups is 2. The molecule has 0 saturated heterocycles. The molecule has 11 nitrogen and oxygen atoms in total. The Kier molecular flexibility index (Phi) is 15.4. The minimum Gasteiger partial charge on any atom is -0.483 e. The van der Waals surface area contributed by atoms with Gasteiger partial charge in [0, 0.05) is 65.7 Å². The number of carbonyl (C=O) groups excluding carboxylic acids is 2. The summed E-state index contributed by atoms with van der Waals surface area (Å²) in [7, 11) is 1.51. The van der Waals surface area contributed by atoms with E-state index in [0.29, 0.717) is 53.9 Å². The first kappa shape index (κ1) is 56.0. The van der Waals surface area contributed by atoms with Gasteiger partial charge in [-0.25, -0.2) is 9.59 Å². The van der Waals surface area contributed by atoms with Crippen molar-refractivity contribution in [1.29, 1.82) is 0 Å². The van der Waals surface area contributed by atoms with E-state index in [9.17, 15) is 20.1 Å². The molecule has 3 N–H and O–H groups in total. The average Bonchev–Trinajstić information content (AvgIpc) is 1.68. The first-order valence-electron chi connectivity index (χ1n) is 30.6. The quantitative estimate of drug-likeness (QED) is 0.0518. The lowest BCUT2D eigenvalue weighted by Gasteiger charge is -2.48. The Morgan fingerprint density at radius 1 is 0.798 bits per heavy atom. The van der Waals surface area contributed by atoms with E-state index in [1.165, 1.54) is 41.3 Å². The molecule has 8 aliphatic rings. The van der Waals surface area contributed by atoms with Crippen molar-refractivity contribution in [3.8, 4) is 5.75 Å². The lowest BCUT2D eigenvalue weighted by molar-refractivity contribution is -0.199. The number of methoxy groups -OCH3 is 1. The van der Waals surface area contributed by atoms with Gasteiger partial charge in [0.25, 0.3) is 0 Å². The number of ether oxygens (including phenoxy) is 4. The summed E-state index contributed by atoms with van der Waals surface area (Å²) in [5, 5.41) is 32.5. The van der Waals surface area contributed by atoms with E-state index in [0.717, 1.165) is 36.0 Å². The third-order valence-corrected chi connectivity index (χ3v) is 20.7. The highest BCUT2D eigenvalue weighted by Crippen LogP contribution is 2.58. The molecule has 434 valence electrons. The van der Waals surface area contributed by atoms with E-state index in [4.69, 9.17) is 23.4 Å². The zero-order valence-corrected chi connectivity index (χ0v) is 48.3. The lowest BCUT2D eigenvalue weighted by Crippen LogP contribution is -2.58. The molecule has 6 aromatic rings. The SMILES string of the molecule is COCC(CCO)c1c(CO)c2ccc3c(c2oc1=O)C1OC(=O)CC2CC(c4cccc(C56CCCCC5C=Cc5ccccc56)c4)C=CC2c2ccc(cc2)CCC(=C(C)CO)C(=O)OC1C(C)(C1CC2C=Cc4ccccc4C2C1)O3. The molecule has 12 unspecified atom stereocenters. The molecule has 4 heterocycles. The van der Waals surface area contributed by atoms with Crippen molar-refractivity contribution in [2.24, 2.45) is 23.7 Å². The van der Waals surface area contributed by atoms with Crippen LogP contribution in [0.2, 0.25) is 0 Å². The highest BCUT2D eigenvalue weighted by Gasteiger charge is 2.59. The molecular weight excluding hydrogens is 1050 g/mol. The average molecular weight is 1130 g/mol. The third kappa shape index (κ3) is 9.73. The van der Waals surface area contributed by atoms with Crippen LogP contribution in [-0.2, 0) is 42.2 Å². The predicted octanol–water partition coefficient (Wildman–Crippen LogP) is 13.2. The van der Waals surface area contributed by atoms with E-state index in [2.05, 4.69) is 127 Å². The summed E-state index contributed by atoms with van der Waals surface area (Å²) in [4.78, 5) is 45.8. The van der Waals surface area contributed by atoms with Gasteiger partial charge in [-0.2, -0.15) is 0 Å². The van der Waals surface area contributed by atoms with Crippen LogP contribution >= 0.6 is 0 Å². The number of esters is 2. The normalized spacial score (nSPS) is 29.7. The minimum absolute atomic E-state index is 0.00570. The van der Waals surface area contributed by atoms with Gasteiger partial charge in [-0.1, -0.05) is 146 Å². The first-order chi connectivity index (χ1) is 40.9. The van der Waals surface area contributed by atoms with Gasteiger partial charge < -0.3 is 38.7 Å². The van der Waals surface area contributed by atoms with Crippen molar-refractivity contribution in [3.05, 3.63) is 216 Å². The topological polar surface area (TPSA) is 162 Å². The maximum atomic E-state index is 15.8. The largest absolute Gasteiger partial charge is 0.483 e.